The van der Waals surface area contributed by atoms with Crippen LogP contribution in [0.1, 0.15) is 33.6 Å². The molecule has 0 aromatic heterocycles. The Morgan fingerprint density at radius 3 is 2.00 bits per heavy atom. The van der Waals surface area contributed by atoms with E-state index in [1.54, 1.807) is 0 Å². The molecular formula is C14H32N2O4S. The van der Waals surface area contributed by atoms with Gasteiger partial charge >= 0.3 is 0 Å². The van der Waals surface area contributed by atoms with Crippen LogP contribution in [-0.2, 0) is 19.5 Å². The topological polar surface area (TPSA) is 67.9 Å². The first-order valence-corrected chi connectivity index (χ1v) is 9.53. The van der Waals surface area contributed by atoms with E-state index in [9.17, 15) is 8.42 Å². The van der Waals surface area contributed by atoms with Gasteiger partial charge in [0.1, 0.15) is 0 Å². The van der Waals surface area contributed by atoms with Crippen molar-refractivity contribution in [3.63, 3.8) is 0 Å². The van der Waals surface area contributed by atoms with Crippen molar-refractivity contribution in [3.05, 3.63) is 0 Å². The smallest absolute Gasteiger partial charge is 0.214 e. The molecule has 128 valence electrons. The summed E-state index contributed by atoms with van der Waals surface area (Å²) in [5, 5.41) is 3.20. The first-order chi connectivity index (χ1) is 10.1. The molecule has 0 saturated carbocycles. The highest BCUT2D eigenvalue weighted by atomic mass is 32.2. The highest BCUT2D eigenvalue weighted by Gasteiger charge is 2.21. The maximum atomic E-state index is 12.3. The van der Waals surface area contributed by atoms with Crippen LogP contribution in [0.5, 0.6) is 0 Å². The van der Waals surface area contributed by atoms with Crippen molar-refractivity contribution < 1.29 is 17.9 Å². The predicted molar refractivity (Wildman–Crippen MR) is 86.1 cm³/mol. The first kappa shape index (κ1) is 20.8. The van der Waals surface area contributed by atoms with E-state index in [1.165, 1.54) is 4.31 Å². The summed E-state index contributed by atoms with van der Waals surface area (Å²) in [4.78, 5) is 0. The van der Waals surface area contributed by atoms with E-state index in [2.05, 4.69) is 5.32 Å². The molecule has 0 aliphatic heterocycles. The minimum absolute atomic E-state index is 0.191. The van der Waals surface area contributed by atoms with Gasteiger partial charge in [-0.25, -0.2) is 8.42 Å². The maximum Gasteiger partial charge on any atom is 0.214 e. The summed E-state index contributed by atoms with van der Waals surface area (Å²) < 4.78 is 36.7. The number of rotatable bonds is 15. The summed E-state index contributed by atoms with van der Waals surface area (Å²) in [7, 11) is -3.22. The summed E-state index contributed by atoms with van der Waals surface area (Å²) in [5.41, 5.74) is 0. The third-order valence-electron chi connectivity index (χ3n) is 3.03. The van der Waals surface area contributed by atoms with Gasteiger partial charge in [-0.2, -0.15) is 4.31 Å². The molecule has 0 aliphatic carbocycles. The van der Waals surface area contributed by atoms with Gasteiger partial charge in [0, 0.05) is 26.3 Å². The molecule has 0 aliphatic rings. The molecule has 0 aromatic carbocycles. The molecule has 0 bridgehead atoms. The van der Waals surface area contributed by atoms with E-state index in [0.717, 1.165) is 19.5 Å². The number of unbranched alkanes of at least 4 members (excludes halogenated alkanes) is 1. The second-order valence-electron chi connectivity index (χ2n) is 4.67. The van der Waals surface area contributed by atoms with Gasteiger partial charge in [0.15, 0.2) is 0 Å². The Kier molecular flexibility index (Phi) is 13.3. The molecule has 0 amide bonds. The van der Waals surface area contributed by atoms with Crippen LogP contribution in [0, 0.1) is 0 Å². The second kappa shape index (κ2) is 13.5. The molecule has 0 fully saturated rings. The zero-order valence-electron chi connectivity index (χ0n) is 13.8. The molecule has 7 heteroatoms. The minimum Gasteiger partial charge on any atom is -0.380 e. The summed E-state index contributed by atoms with van der Waals surface area (Å²) in [5.74, 6) is 0.191. The standard InChI is InChI=1S/C14H32N2O4S/c1-4-15-9-7-8-14-21(17,18)16(10-12-19-5-2)11-13-20-6-3/h15H,4-14H2,1-3H3. The maximum absolute atomic E-state index is 12.3. The Morgan fingerprint density at radius 1 is 0.952 bits per heavy atom. The fraction of sp³-hybridized carbons (Fsp3) is 1.00. The van der Waals surface area contributed by atoms with Gasteiger partial charge in [0.25, 0.3) is 0 Å². The summed E-state index contributed by atoms with van der Waals surface area (Å²) >= 11 is 0. The lowest BCUT2D eigenvalue weighted by Crippen LogP contribution is -2.38. The zero-order valence-corrected chi connectivity index (χ0v) is 14.6. The summed E-state index contributed by atoms with van der Waals surface area (Å²) in [6.07, 6.45) is 1.55. The van der Waals surface area contributed by atoms with E-state index in [0.29, 0.717) is 45.9 Å². The quantitative estimate of drug-likeness (QED) is 0.457. The lowest BCUT2D eigenvalue weighted by molar-refractivity contribution is 0.110. The molecule has 0 spiro atoms. The van der Waals surface area contributed by atoms with Crippen molar-refractivity contribution in [2.24, 2.45) is 0 Å². The second-order valence-corrected chi connectivity index (χ2v) is 6.76. The van der Waals surface area contributed by atoms with Crippen molar-refractivity contribution in [1.82, 2.24) is 9.62 Å². The van der Waals surface area contributed by atoms with Crippen LogP contribution in [0.3, 0.4) is 0 Å². The highest BCUT2D eigenvalue weighted by molar-refractivity contribution is 7.89. The number of hydrogen-bond acceptors (Lipinski definition) is 5. The normalized spacial score (nSPS) is 12.2. The molecule has 0 unspecified atom stereocenters. The van der Waals surface area contributed by atoms with E-state index < -0.39 is 10.0 Å². The van der Waals surface area contributed by atoms with Gasteiger partial charge in [-0.3, -0.25) is 0 Å². The van der Waals surface area contributed by atoms with Crippen LogP contribution in [0.2, 0.25) is 0 Å². The Bertz CT molecular complexity index is 313. The number of hydrogen-bond donors (Lipinski definition) is 1. The Balaban J connectivity index is 4.25. The van der Waals surface area contributed by atoms with E-state index >= 15 is 0 Å². The van der Waals surface area contributed by atoms with Crippen LogP contribution in [-0.4, -0.2) is 71.1 Å². The summed E-state index contributed by atoms with van der Waals surface area (Å²) in [6, 6.07) is 0. The van der Waals surface area contributed by atoms with Crippen LogP contribution in [0.15, 0.2) is 0 Å². The van der Waals surface area contributed by atoms with Crippen LogP contribution >= 0.6 is 0 Å². The number of ether oxygens (including phenoxy) is 2. The van der Waals surface area contributed by atoms with E-state index in [4.69, 9.17) is 9.47 Å². The number of nitrogens with one attached hydrogen (secondary N) is 1. The third-order valence-corrected chi connectivity index (χ3v) is 4.98. The molecule has 0 heterocycles. The van der Waals surface area contributed by atoms with Crippen LogP contribution in [0.25, 0.3) is 0 Å². The van der Waals surface area contributed by atoms with E-state index in [1.807, 2.05) is 20.8 Å². The average molecular weight is 324 g/mol. The lowest BCUT2D eigenvalue weighted by Gasteiger charge is -2.22. The Labute approximate surface area is 130 Å². The zero-order chi connectivity index (χ0) is 16.0. The molecule has 0 saturated heterocycles. The number of nitrogens with zero attached hydrogens (tertiary/aromatic N) is 1. The van der Waals surface area contributed by atoms with Crippen molar-refractivity contribution in [1.29, 1.82) is 0 Å². The van der Waals surface area contributed by atoms with Crippen molar-refractivity contribution in [3.8, 4) is 0 Å². The van der Waals surface area contributed by atoms with Gasteiger partial charge in [0.2, 0.25) is 10.0 Å². The van der Waals surface area contributed by atoms with Crippen LogP contribution in [0.4, 0.5) is 0 Å². The summed E-state index contributed by atoms with van der Waals surface area (Å²) in [6.45, 7) is 10.5. The predicted octanol–water partition coefficient (Wildman–Crippen LogP) is 1.08. The molecule has 1 N–H and O–H groups in total. The molecule has 0 rings (SSSR count). The van der Waals surface area contributed by atoms with Crippen molar-refractivity contribution in [2.75, 3.05) is 58.4 Å². The Hall–Kier alpha value is -0.210. The van der Waals surface area contributed by atoms with Gasteiger partial charge in [-0.05, 0) is 39.8 Å². The van der Waals surface area contributed by atoms with Gasteiger partial charge in [0.05, 0.1) is 19.0 Å². The molecular weight excluding hydrogens is 292 g/mol. The third kappa shape index (κ3) is 11.1. The van der Waals surface area contributed by atoms with E-state index in [-0.39, 0.29) is 5.75 Å². The number of sulfonamides is 1. The van der Waals surface area contributed by atoms with Gasteiger partial charge in [-0.15, -0.1) is 0 Å². The fourth-order valence-electron chi connectivity index (χ4n) is 1.85. The Morgan fingerprint density at radius 2 is 1.52 bits per heavy atom. The molecule has 21 heavy (non-hydrogen) atoms. The lowest BCUT2D eigenvalue weighted by atomic mass is 10.3. The SMILES string of the molecule is CCNCCCCS(=O)(=O)N(CCOCC)CCOCC. The fourth-order valence-corrected chi connectivity index (χ4v) is 3.38. The highest BCUT2D eigenvalue weighted by Crippen LogP contribution is 2.05. The van der Waals surface area contributed by atoms with Crippen molar-refractivity contribution in [2.45, 2.75) is 33.6 Å². The van der Waals surface area contributed by atoms with Crippen LogP contribution < -0.4 is 5.32 Å². The van der Waals surface area contributed by atoms with Crippen molar-refractivity contribution >= 4 is 10.0 Å². The molecule has 0 atom stereocenters. The molecule has 0 aromatic rings. The monoisotopic (exact) mass is 324 g/mol. The largest absolute Gasteiger partial charge is 0.380 e. The van der Waals surface area contributed by atoms with Gasteiger partial charge < -0.3 is 14.8 Å². The average Bonchev–Trinajstić information content (AvgIpc) is 2.45. The van der Waals surface area contributed by atoms with Gasteiger partial charge in [-0.1, -0.05) is 6.92 Å². The minimum atomic E-state index is -3.22. The first-order valence-electron chi connectivity index (χ1n) is 7.92. The molecule has 6 nitrogen and oxygen atoms in total. The molecule has 0 radical (unpaired) electrons.